The zero-order valence-electron chi connectivity index (χ0n) is 8.71. The first-order valence-electron chi connectivity index (χ1n) is 5.00. The molecule has 1 aliphatic rings. The number of nitrogens with zero attached hydrogens (tertiary/aromatic N) is 1. The fraction of sp³-hybridized carbons (Fsp3) is 0. The number of hydroxylamine groups is 1. The third-order valence-electron chi connectivity index (χ3n) is 1.99. The molecule has 3 rings (SSSR count). The third kappa shape index (κ3) is 2.85. The Labute approximate surface area is 94.4 Å². The molecule has 0 aliphatic carbocycles. The summed E-state index contributed by atoms with van der Waals surface area (Å²) in [6, 6.07) is 13.6. The van der Waals surface area contributed by atoms with Crippen LogP contribution < -0.4 is 10.3 Å². The topological polar surface area (TPSA) is 34.1 Å². The average Bonchev–Trinajstić information content (AvgIpc) is 2.42. The summed E-state index contributed by atoms with van der Waals surface area (Å²) in [4.78, 5) is 8.87. The Bertz CT molecular complexity index is 428. The van der Waals surface area contributed by atoms with Crippen molar-refractivity contribution < 1.29 is 4.84 Å². The second-order valence-electron chi connectivity index (χ2n) is 3.12. The summed E-state index contributed by atoms with van der Waals surface area (Å²) in [5.41, 5.74) is 3.77. The predicted molar refractivity (Wildman–Crippen MR) is 63.5 cm³/mol. The van der Waals surface area contributed by atoms with E-state index in [4.69, 9.17) is 4.84 Å². The summed E-state index contributed by atoms with van der Waals surface area (Å²) in [5, 5.41) is 0. The summed E-state index contributed by atoms with van der Waals surface area (Å²) in [6.07, 6.45) is 7.24. The molecule has 2 heterocycles. The van der Waals surface area contributed by atoms with Crippen LogP contribution >= 0.6 is 0 Å². The molecule has 0 atom stereocenters. The number of benzene rings is 1. The molecule has 16 heavy (non-hydrogen) atoms. The van der Waals surface area contributed by atoms with Crippen LogP contribution in [0.15, 0.2) is 61.1 Å². The molecule has 0 radical (unpaired) electrons. The highest BCUT2D eigenvalue weighted by molar-refractivity contribution is 5.57. The van der Waals surface area contributed by atoms with E-state index in [0.717, 1.165) is 11.3 Å². The smallest absolute Gasteiger partial charge is 0.162 e. The van der Waals surface area contributed by atoms with Crippen LogP contribution in [0.25, 0.3) is 6.08 Å². The number of hydrogen-bond donors (Lipinski definition) is 1. The van der Waals surface area contributed by atoms with E-state index in [2.05, 4.69) is 10.5 Å². The lowest BCUT2D eigenvalue weighted by Crippen LogP contribution is -2.13. The number of rotatable bonds is 0. The number of fused-ring (bicyclic) bond motifs is 1. The Morgan fingerprint density at radius 1 is 0.938 bits per heavy atom. The predicted octanol–water partition coefficient (Wildman–Crippen LogP) is 2.64. The molecule has 0 saturated heterocycles. The Morgan fingerprint density at radius 3 is 2.38 bits per heavy atom. The van der Waals surface area contributed by atoms with E-state index < -0.39 is 0 Å². The quantitative estimate of drug-likeness (QED) is 0.729. The maximum Gasteiger partial charge on any atom is 0.162 e. The molecule has 3 heteroatoms. The SMILES string of the molecule is C1=Cc2ccccc2ON1.c1ccncc1. The standard InChI is InChI=1S/C8H7NO.C5H5N/c1-2-4-8-7(3-1)5-6-9-10-8;1-2-4-6-5-3-1/h1-6,9H;1-5H. The average molecular weight is 212 g/mol. The van der Waals surface area contributed by atoms with E-state index in [1.165, 1.54) is 0 Å². The highest BCUT2D eigenvalue weighted by Crippen LogP contribution is 2.20. The fourth-order valence-corrected chi connectivity index (χ4v) is 1.25. The van der Waals surface area contributed by atoms with E-state index in [1.807, 2.05) is 48.5 Å². The van der Waals surface area contributed by atoms with Gasteiger partial charge in [0.15, 0.2) is 5.75 Å². The van der Waals surface area contributed by atoms with Crippen molar-refractivity contribution in [3.8, 4) is 5.75 Å². The lowest BCUT2D eigenvalue weighted by atomic mass is 10.2. The Morgan fingerprint density at radius 2 is 1.75 bits per heavy atom. The van der Waals surface area contributed by atoms with Crippen LogP contribution in [0.1, 0.15) is 5.56 Å². The Hall–Kier alpha value is -2.29. The minimum absolute atomic E-state index is 0.880. The van der Waals surface area contributed by atoms with Crippen LogP contribution in [0.3, 0.4) is 0 Å². The van der Waals surface area contributed by atoms with Crippen LogP contribution in [0, 0.1) is 0 Å². The molecule has 0 unspecified atom stereocenters. The molecule has 1 N–H and O–H groups in total. The van der Waals surface area contributed by atoms with Crippen molar-refractivity contribution in [3.05, 3.63) is 66.6 Å². The van der Waals surface area contributed by atoms with E-state index in [9.17, 15) is 0 Å². The van der Waals surface area contributed by atoms with Gasteiger partial charge in [-0.1, -0.05) is 24.3 Å². The largest absolute Gasteiger partial charge is 0.382 e. The number of nitrogens with one attached hydrogen (secondary N) is 1. The van der Waals surface area contributed by atoms with Crippen LogP contribution in [0.4, 0.5) is 0 Å². The van der Waals surface area contributed by atoms with E-state index in [1.54, 1.807) is 18.6 Å². The monoisotopic (exact) mass is 212 g/mol. The normalized spacial score (nSPS) is 11.2. The second kappa shape index (κ2) is 5.56. The van der Waals surface area contributed by atoms with Gasteiger partial charge in [-0.05, 0) is 24.3 Å². The molecule has 1 aromatic heterocycles. The molecular weight excluding hydrogens is 200 g/mol. The van der Waals surface area contributed by atoms with Crippen LogP contribution in [-0.4, -0.2) is 4.98 Å². The first kappa shape index (κ1) is 10.2. The minimum Gasteiger partial charge on any atom is -0.382 e. The third-order valence-corrected chi connectivity index (χ3v) is 1.99. The van der Waals surface area contributed by atoms with E-state index in [0.29, 0.717) is 0 Å². The van der Waals surface area contributed by atoms with Crippen molar-refractivity contribution in [2.75, 3.05) is 0 Å². The zero-order chi connectivity index (χ0) is 11.1. The number of pyridine rings is 1. The molecule has 1 aliphatic heterocycles. The Balaban J connectivity index is 0.000000138. The van der Waals surface area contributed by atoms with Gasteiger partial charge in [-0.25, -0.2) is 5.48 Å². The lowest BCUT2D eigenvalue weighted by Gasteiger charge is -2.11. The van der Waals surface area contributed by atoms with Gasteiger partial charge in [0.25, 0.3) is 0 Å². The molecule has 0 fully saturated rings. The summed E-state index contributed by atoms with van der Waals surface area (Å²) < 4.78 is 0. The summed E-state index contributed by atoms with van der Waals surface area (Å²) >= 11 is 0. The molecule has 80 valence electrons. The number of para-hydroxylation sites is 1. The first-order chi connectivity index (χ1) is 7.97. The van der Waals surface area contributed by atoms with Gasteiger partial charge < -0.3 is 4.84 Å². The molecule has 0 saturated carbocycles. The van der Waals surface area contributed by atoms with Gasteiger partial charge in [0.2, 0.25) is 0 Å². The van der Waals surface area contributed by atoms with Gasteiger partial charge in [-0.3, -0.25) is 4.98 Å². The van der Waals surface area contributed by atoms with Crippen molar-refractivity contribution in [2.45, 2.75) is 0 Å². The van der Waals surface area contributed by atoms with Crippen molar-refractivity contribution in [3.63, 3.8) is 0 Å². The fourth-order valence-electron chi connectivity index (χ4n) is 1.25. The zero-order valence-corrected chi connectivity index (χ0v) is 8.71. The maximum absolute atomic E-state index is 5.09. The highest BCUT2D eigenvalue weighted by atomic mass is 16.6. The van der Waals surface area contributed by atoms with Crippen molar-refractivity contribution in [1.82, 2.24) is 10.5 Å². The van der Waals surface area contributed by atoms with Crippen LogP contribution in [0.2, 0.25) is 0 Å². The molecule has 3 nitrogen and oxygen atoms in total. The van der Waals surface area contributed by atoms with Gasteiger partial charge >= 0.3 is 0 Å². The van der Waals surface area contributed by atoms with Crippen molar-refractivity contribution in [2.24, 2.45) is 0 Å². The summed E-state index contributed by atoms with van der Waals surface area (Å²) in [7, 11) is 0. The van der Waals surface area contributed by atoms with Gasteiger partial charge in [0, 0.05) is 24.2 Å². The van der Waals surface area contributed by atoms with E-state index in [-0.39, 0.29) is 0 Å². The summed E-state index contributed by atoms with van der Waals surface area (Å²) in [6.45, 7) is 0. The number of aromatic nitrogens is 1. The van der Waals surface area contributed by atoms with Gasteiger partial charge in [0.05, 0.1) is 0 Å². The molecule has 0 bridgehead atoms. The molecule has 0 spiro atoms. The number of hydrogen-bond acceptors (Lipinski definition) is 3. The lowest BCUT2D eigenvalue weighted by molar-refractivity contribution is 0.239. The maximum atomic E-state index is 5.09. The second-order valence-corrected chi connectivity index (χ2v) is 3.12. The molecule has 1 aromatic carbocycles. The highest BCUT2D eigenvalue weighted by Gasteiger charge is 2.01. The molecular formula is C13H12N2O. The molecule has 2 aromatic rings. The minimum atomic E-state index is 0.880. The Kier molecular flexibility index (Phi) is 3.55. The van der Waals surface area contributed by atoms with Gasteiger partial charge in [-0.2, -0.15) is 0 Å². The van der Waals surface area contributed by atoms with Crippen LogP contribution in [0.5, 0.6) is 5.75 Å². The van der Waals surface area contributed by atoms with Crippen molar-refractivity contribution in [1.29, 1.82) is 0 Å². The summed E-state index contributed by atoms with van der Waals surface area (Å²) in [5.74, 6) is 0.880. The van der Waals surface area contributed by atoms with Crippen LogP contribution in [-0.2, 0) is 0 Å². The van der Waals surface area contributed by atoms with E-state index >= 15 is 0 Å². The van der Waals surface area contributed by atoms with Gasteiger partial charge in [0.1, 0.15) is 0 Å². The van der Waals surface area contributed by atoms with Gasteiger partial charge in [-0.15, -0.1) is 0 Å². The first-order valence-corrected chi connectivity index (χ1v) is 5.00. The molecule has 0 amide bonds. The van der Waals surface area contributed by atoms with Crippen molar-refractivity contribution >= 4 is 6.08 Å².